The van der Waals surface area contributed by atoms with Crippen LogP contribution in [-0.4, -0.2) is 29.6 Å². The predicted octanol–water partition coefficient (Wildman–Crippen LogP) is 1.95. The summed E-state index contributed by atoms with van der Waals surface area (Å²) in [5.74, 6) is -2.21. The lowest BCUT2D eigenvalue weighted by Crippen LogP contribution is -2.32. The summed E-state index contributed by atoms with van der Waals surface area (Å²) in [5, 5.41) is 9.34. The van der Waals surface area contributed by atoms with Gasteiger partial charge in [-0.2, -0.15) is 21.6 Å². The molecule has 0 saturated carbocycles. The lowest BCUT2D eigenvalue weighted by molar-refractivity contribution is -0.141. The van der Waals surface area contributed by atoms with Crippen molar-refractivity contribution in [1.82, 2.24) is 4.57 Å². The summed E-state index contributed by atoms with van der Waals surface area (Å²) >= 11 is 0. The van der Waals surface area contributed by atoms with E-state index in [2.05, 4.69) is 4.18 Å². The molecule has 1 heterocycles. The molecule has 1 N–H and O–H groups in total. The molecule has 11 heteroatoms. The number of nitrogens with zero attached hydrogens (tertiary/aromatic N) is 1. The standard InChI is InChI=1S/C15H12F3NO6S/c16-15(17,18)26(23,24)25-11-6-7-19(13(20)9-11)12(14(21)22)8-10-4-2-1-3-5-10/h1-7,9,12H,8H2,(H,21,22)/t12-/m0/s1. The van der Waals surface area contributed by atoms with Crippen LogP contribution in [0, 0.1) is 0 Å². The van der Waals surface area contributed by atoms with Crippen molar-refractivity contribution < 1.29 is 35.7 Å². The summed E-state index contributed by atoms with van der Waals surface area (Å²) in [7, 11) is -5.93. The Labute approximate surface area is 145 Å². The number of hydrogen-bond donors (Lipinski definition) is 1. The summed E-state index contributed by atoms with van der Waals surface area (Å²) in [6.45, 7) is 0. The average molecular weight is 391 g/mol. The molecule has 7 nitrogen and oxygen atoms in total. The van der Waals surface area contributed by atoms with Crippen molar-refractivity contribution in [3.63, 3.8) is 0 Å². The molecule has 140 valence electrons. The lowest BCUT2D eigenvalue weighted by atomic mass is 10.1. The Morgan fingerprint density at radius 2 is 1.81 bits per heavy atom. The number of halogens is 3. The SMILES string of the molecule is O=C(O)[C@H](Cc1ccccc1)n1ccc(OS(=O)(=O)C(F)(F)F)cc1=O. The van der Waals surface area contributed by atoms with Gasteiger partial charge in [0.15, 0.2) is 0 Å². The molecule has 1 aromatic heterocycles. The van der Waals surface area contributed by atoms with Crippen LogP contribution in [0.1, 0.15) is 11.6 Å². The Morgan fingerprint density at radius 3 is 2.31 bits per heavy atom. The van der Waals surface area contributed by atoms with E-state index in [1.807, 2.05) is 0 Å². The molecule has 0 radical (unpaired) electrons. The first-order valence-electron chi connectivity index (χ1n) is 7.01. The summed E-state index contributed by atoms with van der Waals surface area (Å²) in [5.41, 5.74) is -6.06. The van der Waals surface area contributed by atoms with Crippen molar-refractivity contribution in [3.8, 4) is 5.75 Å². The van der Waals surface area contributed by atoms with Gasteiger partial charge in [-0.3, -0.25) is 4.79 Å². The van der Waals surface area contributed by atoms with Gasteiger partial charge >= 0.3 is 21.6 Å². The maximum atomic E-state index is 12.3. The highest BCUT2D eigenvalue weighted by atomic mass is 32.2. The number of carboxylic acids is 1. The van der Waals surface area contributed by atoms with Crippen molar-refractivity contribution in [1.29, 1.82) is 0 Å². The van der Waals surface area contributed by atoms with E-state index < -0.39 is 38.9 Å². The van der Waals surface area contributed by atoms with Crippen LogP contribution in [0.15, 0.2) is 53.5 Å². The molecule has 0 spiro atoms. The molecule has 1 atom stereocenters. The summed E-state index contributed by atoms with van der Waals surface area (Å²) in [6, 6.07) is 8.28. The third kappa shape index (κ3) is 4.42. The van der Waals surface area contributed by atoms with Gasteiger partial charge in [0, 0.05) is 18.7 Å². The molecule has 0 saturated heterocycles. The maximum absolute atomic E-state index is 12.3. The number of benzene rings is 1. The van der Waals surface area contributed by atoms with E-state index in [9.17, 15) is 36.3 Å². The number of aromatic nitrogens is 1. The van der Waals surface area contributed by atoms with E-state index >= 15 is 0 Å². The highest BCUT2D eigenvalue weighted by Gasteiger charge is 2.48. The van der Waals surface area contributed by atoms with Crippen LogP contribution in [0.2, 0.25) is 0 Å². The Kier molecular flexibility index (Phi) is 5.40. The van der Waals surface area contributed by atoms with Crippen LogP contribution < -0.4 is 9.74 Å². The van der Waals surface area contributed by atoms with Gasteiger partial charge in [-0.15, -0.1) is 0 Å². The van der Waals surface area contributed by atoms with Gasteiger partial charge < -0.3 is 13.9 Å². The van der Waals surface area contributed by atoms with E-state index in [-0.39, 0.29) is 6.42 Å². The molecule has 0 amide bonds. The number of carboxylic acid groups (broad SMARTS) is 1. The molecule has 0 fully saturated rings. The minimum absolute atomic E-state index is 0.0584. The van der Waals surface area contributed by atoms with Crippen molar-refractivity contribution in [2.24, 2.45) is 0 Å². The second kappa shape index (κ2) is 7.20. The molecule has 0 bridgehead atoms. The lowest BCUT2D eigenvalue weighted by Gasteiger charge is -2.16. The highest BCUT2D eigenvalue weighted by molar-refractivity contribution is 7.88. The first-order valence-corrected chi connectivity index (χ1v) is 8.42. The molecule has 0 aliphatic rings. The van der Waals surface area contributed by atoms with Crippen molar-refractivity contribution in [3.05, 3.63) is 64.6 Å². The van der Waals surface area contributed by atoms with E-state index in [4.69, 9.17) is 0 Å². The monoisotopic (exact) mass is 391 g/mol. The molecule has 2 aromatic rings. The van der Waals surface area contributed by atoms with Crippen LogP contribution >= 0.6 is 0 Å². The molecule has 0 aliphatic carbocycles. The number of hydrogen-bond acceptors (Lipinski definition) is 5. The number of carbonyl (C=O) groups is 1. The van der Waals surface area contributed by atoms with Crippen LogP contribution in [0.25, 0.3) is 0 Å². The normalized spacial score (nSPS) is 13.2. The van der Waals surface area contributed by atoms with Gasteiger partial charge in [-0.1, -0.05) is 30.3 Å². The largest absolute Gasteiger partial charge is 0.534 e. The maximum Gasteiger partial charge on any atom is 0.534 e. The number of pyridine rings is 1. The summed E-state index contributed by atoms with van der Waals surface area (Å²) in [4.78, 5) is 23.5. The Morgan fingerprint density at radius 1 is 1.19 bits per heavy atom. The summed E-state index contributed by atoms with van der Waals surface area (Å²) in [6.07, 6.45) is 0.808. The predicted molar refractivity (Wildman–Crippen MR) is 83.1 cm³/mol. The first-order chi connectivity index (χ1) is 12.0. The van der Waals surface area contributed by atoms with Crippen LogP contribution in [0.5, 0.6) is 5.75 Å². The van der Waals surface area contributed by atoms with Gasteiger partial charge in [-0.25, -0.2) is 4.79 Å². The fourth-order valence-corrected chi connectivity index (χ4v) is 2.55. The second-order valence-electron chi connectivity index (χ2n) is 5.13. The van der Waals surface area contributed by atoms with Crippen LogP contribution in [0.4, 0.5) is 13.2 Å². The van der Waals surface area contributed by atoms with Gasteiger partial charge in [0.1, 0.15) is 11.8 Å². The fourth-order valence-electron chi connectivity index (χ4n) is 2.10. The average Bonchev–Trinajstić information content (AvgIpc) is 2.52. The zero-order valence-corrected chi connectivity index (χ0v) is 13.7. The quantitative estimate of drug-likeness (QED) is 0.596. The Balaban J connectivity index is 2.32. The molecule has 0 aliphatic heterocycles. The highest BCUT2D eigenvalue weighted by Crippen LogP contribution is 2.26. The van der Waals surface area contributed by atoms with Gasteiger partial charge in [0.25, 0.3) is 5.56 Å². The van der Waals surface area contributed by atoms with Gasteiger partial charge in [0.05, 0.1) is 0 Å². The third-order valence-electron chi connectivity index (χ3n) is 3.30. The molecule has 2 rings (SSSR count). The summed E-state index contributed by atoms with van der Waals surface area (Å²) < 4.78 is 63.4. The van der Waals surface area contributed by atoms with Crippen molar-refractivity contribution >= 4 is 16.1 Å². The second-order valence-corrected chi connectivity index (χ2v) is 6.67. The van der Waals surface area contributed by atoms with Gasteiger partial charge in [0.2, 0.25) is 0 Å². The Bertz CT molecular complexity index is 953. The molecule has 0 unspecified atom stereocenters. The van der Waals surface area contributed by atoms with E-state index in [1.165, 1.54) is 0 Å². The van der Waals surface area contributed by atoms with Crippen molar-refractivity contribution in [2.75, 3.05) is 0 Å². The van der Waals surface area contributed by atoms with E-state index in [1.54, 1.807) is 30.3 Å². The smallest absolute Gasteiger partial charge is 0.480 e. The number of rotatable bonds is 6. The minimum atomic E-state index is -5.93. The zero-order chi connectivity index (χ0) is 19.5. The number of aliphatic carboxylic acids is 1. The number of alkyl halides is 3. The molecule has 26 heavy (non-hydrogen) atoms. The third-order valence-corrected chi connectivity index (χ3v) is 4.28. The van der Waals surface area contributed by atoms with Gasteiger partial charge in [-0.05, 0) is 11.6 Å². The molecular weight excluding hydrogens is 379 g/mol. The zero-order valence-electron chi connectivity index (χ0n) is 12.9. The first kappa shape index (κ1) is 19.5. The van der Waals surface area contributed by atoms with E-state index in [0.29, 0.717) is 11.6 Å². The van der Waals surface area contributed by atoms with E-state index in [0.717, 1.165) is 16.8 Å². The van der Waals surface area contributed by atoms with Crippen LogP contribution in [0.3, 0.4) is 0 Å². The van der Waals surface area contributed by atoms with Crippen LogP contribution in [-0.2, 0) is 21.3 Å². The Hall–Kier alpha value is -2.82. The topological polar surface area (TPSA) is 103 Å². The minimum Gasteiger partial charge on any atom is -0.480 e. The fraction of sp³-hybridized carbons (Fsp3) is 0.200. The molecular formula is C15H12F3NO6S. The van der Waals surface area contributed by atoms with Crippen molar-refractivity contribution in [2.45, 2.75) is 18.0 Å². The molecule has 1 aromatic carbocycles.